The third kappa shape index (κ3) is 4.12. The lowest BCUT2D eigenvalue weighted by atomic mass is 10.2. The van der Waals surface area contributed by atoms with E-state index in [1.165, 1.54) is 0 Å². The molecule has 0 radical (unpaired) electrons. The highest BCUT2D eigenvalue weighted by Crippen LogP contribution is 2.05. The van der Waals surface area contributed by atoms with Crippen molar-refractivity contribution in [2.45, 2.75) is 33.4 Å². The average molecular weight is 259 g/mol. The summed E-state index contributed by atoms with van der Waals surface area (Å²) in [7, 11) is -1.02. The van der Waals surface area contributed by atoms with E-state index in [1.54, 1.807) is 6.92 Å². The molecule has 0 bridgehead atoms. The van der Waals surface area contributed by atoms with Crippen LogP contribution < -0.4 is 5.32 Å². The summed E-state index contributed by atoms with van der Waals surface area (Å²) in [6.45, 7) is 6.21. The van der Waals surface area contributed by atoms with Gasteiger partial charge in [-0.3, -0.25) is 4.68 Å². The number of sulfone groups is 1. The third-order valence-electron chi connectivity index (χ3n) is 2.92. The van der Waals surface area contributed by atoms with Gasteiger partial charge in [-0.15, -0.1) is 0 Å². The Bertz CT molecular complexity index is 465. The first-order valence-electron chi connectivity index (χ1n) is 5.77. The van der Waals surface area contributed by atoms with E-state index in [0.29, 0.717) is 6.54 Å². The highest BCUT2D eigenvalue weighted by molar-refractivity contribution is 7.91. The lowest BCUT2D eigenvalue weighted by molar-refractivity contribution is 0.556. The van der Waals surface area contributed by atoms with E-state index in [4.69, 9.17) is 0 Å². The fourth-order valence-corrected chi connectivity index (χ4v) is 2.67. The number of nitrogens with one attached hydrogen (secondary N) is 1. The third-order valence-corrected chi connectivity index (χ3v) is 4.81. The van der Waals surface area contributed by atoms with Gasteiger partial charge in [-0.2, -0.15) is 5.10 Å². The summed E-state index contributed by atoms with van der Waals surface area (Å²) in [5.41, 5.74) is 2.20. The second-order valence-electron chi connectivity index (χ2n) is 4.36. The van der Waals surface area contributed by atoms with Crippen LogP contribution in [0.3, 0.4) is 0 Å². The van der Waals surface area contributed by atoms with Crippen LogP contribution in [0.5, 0.6) is 0 Å². The quantitative estimate of drug-likeness (QED) is 0.814. The van der Waals surface area contributed by atoms with E-state index in [1.807, 2.05) is 31.8 Å². The number of aryl methyl sites for hydroxylation is 1. The fraction of sp³-hybridized carbons (Fsp3) is 0.727. The minimum Gasteiger partial charge on any atom is -0.309 e. The number of rotatable bonds is 6. The molecule has 1 unspecified atom stereocenters. The molecule has 1 aromatic heterocycles. The van der Waals surface area contributed by atoms with Crippen molar-refractivity contribution >= 4 is 9.84 Å². The molecule has 0 aromatic carbocycles. The van der Waals surface area contributed by atoms with Crippen LogP contribution in [0.15, 0.2) is 6.20 Å². The SMILES string of the molecule is CCS(=O)(=O)CC(C)NCc1cnn(C)c1C. The number of nitrogens with zero attached hydrogens (tertiary/aromatic N) is 2. The van der Waals surface area contributed by atoms with Gasteiger partial charge in [0, 0.05) is 36.6 Å². The summed E-state index contributed by atoms with van der Waals surface area (Å²) in [4.78, 5) is 0. The predicted octanol–water partition coefficient (Wildman–Crippen LogP) is 0.641. The predicted molar refractivity (Wildman–Crippen MR) is 68.6 cm³/mol. The molecule has 1 heterocycles. The molecule has 0 fully saturated rings. The highest BCUT2D eigenvalue weighted by Gasteiger charge is 2.13. The molecule has 1 rings (SSSR count). The van der Waals surface area contributed by atoms with Gasteiger partial charge >= 0.3 is 0 Å². The molecule has 0 amide bonds. The van der Waals surface area contributed by atoms with Crippen LogP contribution in [0.1, 0.15) is 25.1 Å². The van der Waals surface area contributed by atoms with E-state index in [9.17, 15) is 8.42 Å². The van der Waals surface area contributed by atoms with Crippen LogP contribution in [-0.2, 0) is 23.4 Å². The Morgan fingerprint density at radius 3 is 2.65 bits per heavy atom. The maximum atomic E-state index is 11.4. The molecular weight excluding hydrogens is 238 g/mol. The van der Waals surface area contributed by atoms with Crippen molar-refractivity contribution in [3.05, 3.63) is 17.5 Å². The molecule has 6 heteroatoms. The zero-order valence-corrected chi connectivity index (χ0v) is 11.7. The van der Waals surface area contributed by atoms with Crippen LogP contribution in [0.4, 0.5) is 0 Å². The molecule has 0 spiro atoms. The lowest BCUT2D eigenvalue weighted by Crippen LogP contribution is -2.33. The van der Waals surface area contributed by atoms with Gasteiger partial charge in [0.15, 0.2) is 9.84 Å². The summed E-state index contributed by atoms with van der Waals surface area (Å²) in [6.07, 6.45) is 1.81. The van der Waals surface area contributed by atoms with Gasteiger partial charge in [0.25, 0.3) is 0 Å². The molecule has 0 saturated carbocycles. The van der Waals surface area contributed by atoms with E-state index < -0.39 is 9.84 Å². The molecule has 0 aliphatic carbocycles. The van der Waals surface area contributed by atoms with Crippen molar-refractivity contribution in [2.75, 3.05) is 11.5 Å². The second kappa shape index (κ2) is 5.64. The Morgan fingerprint density at radius 2 is 2.18 bits per heavy atom. The summed E-state index contributed by atoms with van der Waals surface area (Å²) in [6, 6.07) is -0.0421. The summed E-state index contributed by atoms with van der Waals surface area (Å²) in [5, 5.41) is 7.35. The van der Waals surface area contributed by atoms with Gasteiger partial charge < -0.3 is 5.32 Å². The Morgan fingerprint density at radius 1 is 1.53 bits per heavy atom. The van der Waals surface area contributed by atoms with Crippen molar-refractivity contribution in [1.82, 2.24) is 15.1 Å². The zero-order valence-electron chi connectivity index (χ0n) is 10.9. The molecular formula is C11H21N3O2S. The van der Waals surface area contributed by atoms with Crippen LogP contribution in [0, 0.1) is 6.92 Å². The Balaban J connectivity index is 2.49. The largest absolute Gasteiger partial charge is 0.309 e. The first kappa shape index (κ1) is 14.2. The Hall–Kier alpha value is -0.880. The van der Waals surface area contributed by atoms with Gasteiger partial charge in [-0.1, -0.05) is 6.92 Å². The van der Waals surface area contributed by atoms with Crippen molar-refractivity contribution in [3.63, 3.8) is 0 Å². The topological polar surface area (TPSA) is 64.0 Å². The van der Waals surface area contributed by atoms with Crippen molar-refractivity contribution < 1.29 is 8.42 Å². The van der Waals surface area contributed by atoms with Gasteiger partial charge in [-0.05, 0) is 13.8 Å². The van der Waals surface area contributed by atoms with Crippen LogP contribution >= 0.6 is 0 Å². The summed E-state index contributed by atoms with van der Waals surface area (Å²) < 4.78 is 24.7. The minimum absolute atomic E-state index is 0.0421. The smallest absolute Gasteiger partial charge is 0.151 e. The number of aromatic nitrogens is 2. The minimum atomic E-state index is -2.91. The normalized spacial score (nSPS) is 13.9. The highest BCUT2D eigenvalue weighted by atomic mass is 32.2. The second-order valence-corrected chi connectivity index (χ2v) is 6.76. The summed E-state index contributed by atoms with van der Waals surface area (Å²) in [5.74, 6) is 0.383. The monoisotopic (exact) mass is 259 g/mol. The number of hydrogen-bond acceptors (Lipinski definition) is 4. The van der Waals surface area contributed by atoms with Crippen molar-refractivity contribution in [1.29, 1.82) is 0 Å². The maximum absolute atomic E-state index is 11.4. The fourth-order valence-electron chi connectivity index (χ4n) is 1.56. The Labute approximate surface area is 103 Å². The molecule has 98 valence electrons. The first-order chi connectivity index (χ1) is 7.85. The zero-order chi connectivity index (χ0) is 13.1. The summed E-state index contributed by atoms with van der Waals surface area (Å²) >= 11 is 0. The molecule has 0 aliphatic rings. The molecule has 5 nitrogen and oxygen atoms in total. The van der Waals surface area contributed by atoms with Crippen LogP contribution in [-0.4, -0.2) is 35.7 Å². The standard InChI is InChI=1S/C11H21N3O2S/c1-5-17(15,16)8-9(2)12-6-11-7-13-14(4)10(11)3/h7,9,12H,5-6,8H2,1-4H3. The van der Waals surface area contributed by atoms with E-state index in [-0.39, 0.29) is 17.5 Å². The molecule has 0 saturated heterocycles. The van der Waals surface area contributed by atoms with E-state index >= 15 is 0 Å². The maximum Gasteiger partial charge on any atom is 0.151 e. The van der Waals surface area contributed by atoms with E-state index in [2.05, 4.69) is 10.4 Å². The molecule has 0 aliphatic heterocycles. The lowest BCUT2D eigenvalue weighted by Gasteiger charge is -2.13. The van der Waals surface area contributed by atoms with E-state index in [0.717, 1.165) is 11.3 Å². The average Bonchev–Trinajstić information content (AvgIpc) is 2.57. The van der Waals surface area contributed by atoms with Crippen molar-refractivity contribution in [3.8, 4) is 0 Å². The van der Waals surface area contributed by atoms with Crippen molar-refractivity contribution in [2.24, 2.45) is 7.05 Å². The van der Waals surface area contributed by atoms with Crippen LogP contribution in [0.25, 0.3) is 0 Å². The number of hydrogen-bond donors (Lipinski definition) is 1. The first-order valence-corrected chi connectivity index (χ1v) is 7.59. The van der Waals surface area contributed by atoms with Gasteiger partial charge in [0.2, 0.25) is 0 Å². The van der Waals surface area contributed by atoms with Gasteiger partial charge in [-0.25, -0.2) is 8.42 Å². The molecule has 1 N–H and O–H groups in total. The van der Waals surface area contributed by atoms with Gasteiger partial charge in [0.05, 0.1) is 11.9 Å². The van der Waals surface area contributed by atoms with Crippen LogP contribution in [0.2, 0.25) is 0 Å². The Kier molecular flexibility index (Phi) is 4.70. The molecule has 1 atom stereocenters. The molecule has 17 heavy (non-hydrogen) atoms. The molecule has 1 aromatic rings. The van der Waals surface area contributed by atoms with Gasteiger partial charge in [0.1, 0.15) is 0 Å².